The van der Waals surface area contributed by atoms with Crippen molar-refractivity contribution in [3.8, 4) is 0 Å². The second-order valence-electron chi connectivity index (χ2n) is 4.20. The number of aryl methyl sites for hydroxylation is 1. The molecular weight excluding hydrogens is 256 g/mol. The van der Waals surface area contributed by atoms with Gasteiger partial charge in [-0.25, -0.2) is 9.97 Å². The van der Waals surface area contributed by atoms with Gasteiger partial charge in [0.15, 0.2) is 5.16 Å². The summed E-state index contributed by atoms with van der Waals surface area (Å²) in [6.07, 6.45) is 5.38. The number of anilines is 1. The van der Waals surface area contributed by atoms with Crippen LogP contribution in [-0.4, -0.2) is 15.0 Å². The molecule has 0 spiro atoms. The molecule has 0 fully saturated rings. The molecular formula is C14H12N4S. The summed E-state index contributed by atoms with van der Waals surface area (Å²) < 4.78 is 0. The molecule has 3 rings (SSSR count). The van der Waals surface area contributed by atoms with Gasteiger partial charge in [0, 0.05) is 28.9 Å². The molecule has 94 valence electrons. The summed E-state index contributed by atoms with van der Waals surface area (Å²) in [4.78, 5) is 14.0. The van der Waals surface area contributed by atoms with Crippen LogP contribution in [0.5, 0.6) is 0 Å². The molecule has 0 atom stereocenters. The van der Waals surface area contributed by atoms with Crippen LogP contribution in [-0.2, 0) is 0 Å². The number of benzene rings is 1. The van der Waals surface area contributed by atoms with Gasteiger partial charge < -0.3 is 5.73 Å². The normalized spacial score (nSPS) is 10.8. The van der Waals surface area contributed by atoms with E-state index in [1.807, 2.05) is 43.6 Å². The van der Waals surface area contributed by atoms with Crippen molar-refractivity contribution < 1.29 is 0 Å². The number of aromatic nitrogens is 3. The highest BCUT2D eigenvalue weighted by molar-refractivity contribution is 7.99. The molecule has 0 unspecified atom stereocenters. The Hall–Kier alpha value is -2.14. The Balaban J connectivity index is 2.06. The van der Waals surface area contributed by atoms with E-state index in [4.69, 9.17) is 5.73 Å². The van der Waals surface area contributed by atoms with Crippen LogP contribution in [0.25, 0.3) is 10.9 Å². The number of nitrogens with two attached hydrogens (primary N) is 1. The average molecular weight is 268 g/mol. The fourth-order valence-corrected chi connectivity index (χ4v) is 2.61. The van der Waals surface area contributed by atoms with Crippen molar-refractivity contribution in [3.63, 3.8) is 0 Å². The lowest BCUT2D eigenvalue weighted by atomic mass is 10.2. The van der Waals surface area contributed by atoms with E-state index in [9.17, 15) is 0 Å². The summed E-state index contributed by atoms with van der Waals surface area (Å²) in [5.41, 5.74) is 8.49. The van der Waals surface area contributed by atoms with Crippen molar-refractivity contribution >= 4 is 28.4 Å². The molecule has 2 heterocycles. The number of fused-ring (bicyclic) bond motifs is 1. The van der Waals surface area contributed by atoms with Gasteiger partial charge in [0.2, 0.25) is 0 Å². The van der Waals surface area contributed by atoms with Gasteiger partial charge in [0.05, 0.1) is 11.2 Å². The molecule has 0 aliphatic carbocycles. The van der Waals surface area contributed by atoms with Gasteiger partial charge in [-0.05, 0) is 36.4 Å². The molecule has 2 N–H and O–H groups in total. The molecule has 4 nitrogen and oxygen atoms in total. The second kappa shape index (κ2) is 4.85. The van der Waals surface area contributed by atoms with Gasteiger partial charge in [-0.2, -0.15) is 0 Å². The van der Waals surface area contributed by atoms with E-state index in [0.29, 0.717) is 5.69 Å². The molecule has 5 heteroatoms. The van der Waals surface area contributed by atoms with Crippen LogP contribution in [0.2, 0.25) is 0 Å². The number of nitrogens with zero attached hydrogens (tertiary/aromatic N) is 3. The van der Waals surface area contributed by atoms with Crippen LogP contribution in [0.3, 0.4) is 0 Å². The highest BCUT2D eigenvalue weighted by atomic mass is 32.2. The lowest BCUT2D eigenvalue weighted by Gasteiger charge is -2.06. The number of hydrogen-bond acceptors (Lipinski definition) is 5. The van der Waals surface area contributed by atoms with Crippen LogP contribution in [0.4, 0.5) is 5.69 Å². The first kappa shape index (κ1) is 11.9. The largest absolute Gasteiger partial charge is 0.397 e. The van der Waals surface area contributed by atoms with Gasteiger partial charge in [-0.3, -0.25) is 4.98 Å². The van der Waals surface area contributed by atoms with Crippen LogP contribution < -0.4 is 5.73 Å². The molecule has 0 saturated heterocycles. The number of para-hydroxylation sites is 1. The third kappa shape index (κ3) is 2.37. The summed E-state index contributed by atoms with van der Waals surface area (Å²) in [6, 6.07) is 7.75. The minimum atomic E-state index is 0.685. The fraction of sp³-hybridized carbons (Fsp3) is 0.0714. The lowest BCUT2D eigenvalue weighted by Crippen LogP contribution is -1.91. The molecule has 0 bridgehead atoms. The Kier molecular flexibility index (Phi) is 3.05. The molecule has 2 aromatic heterocycles. The Bertz CT molecular complexity index is 725. The Morgan fingerprint density at radius 2 is 1.84 bits per heavy atom. The maximum Gasteiger partial charge on any atom is 0.192 e. The highest BCUT2D eigenvalue weighted by Gasteiger charge is 2.07. The van der Waals surface area contributed by atoms with Gasteiger partial charge in [0.1, 0.15) is 0 Å². The van der Waals surface area contributed by atoms with E-state index in [1.165, 1.54) is 11.8 Å². The zero-order valence-corrected chi connectivity index (χ0v) is 11.2. The third-order valence-corrected chi connectivity index (χ3v) is 3.69. The maximum absolute atomic E-state index is 5.94. The smallest absolute Gasteiger partial charge is 0.192 e. The van der Waals surface area contributed by atoms with Crippen molar-refractivity contribution in [2.45, 2.75) is 17.0 Å². The van der Waals surface area contributed by atoms with Crippen molar-refractivity contribution in [2.24, 2.45) is 0 Å². The summed E-state index contributed by atoms with van der Waals surface area (Å²) in [7, 11) is 0. The Morgan fingerprint density at radius 1 is 1.05 bits per heavy atom. The van der Waals surface area contributed by atoms with Crippen LogP contribution in [0.1, 0.15) is 5.56 Å². The van der Waals surface area contributed by atoms with E-state index in [1.54, 1.807) is 6.20 Å². The van der Waals surface area contributed by atoms with E-state index in [2.05, 4.69) is 15.0 Å². The molecule has 0 radical (unpaired) electrons. The van der Waals surface area contributed by atoms with E-state index >= 15 is 0 Å². The van der Waals surface area contributed by atoms with Gasteiger partial charge >= 0.3 is 0 Å². The minimum Gasteiger partial charge on any atom is -0.397 e. The number of pyridine rings is 1. The van der Waals surface area contributed by atoms with Gasteiger partial charge in [-0.1, -0.05) is 12.1 Å². The van der Waals surface area contributed by atoms with Crippen LogP contribution in [0.15, 0.2) is 52.9 Å². The molecule has 0 amide bonds. The van der Waals surface area contributed by atoms with Crippen molar-refractivity contribution in [3.05, 3.63) is 48.4 Å². The molecule has 0 aliphatic rings. The van der Waals surface area contributed by atoms with Crippen LogP contribution in [0, 0.1) is 6.92 Å². The minimum absolute atomic E-state index is 0.685. The summed E-state index contributed by atoms with van der Waals surface area (Å²) in [5, 5.41) is 1.75. The fourth-order valence-electron chi connectivity index (χ4n) is 1.79. The number of nitrogen functional groups attached to an aromatic ring is 1. The molecule has 0 aliphatic heterocycles. The molecule has 1 aromatic carbocycles. The Labute approximate surface area is 115 Å². The lowest BCUT2D eigenvalue weighted by molar-refractivity contribution is 0.950. The molecule has 0 saturated carbocycles. The monoisotopic (exact) mass is 268 g/mol. The van der Waals surface area contributed by atoms with Crippen molar-refractivity contribution in [1.82, 2.24) is 15.0 Å². The summed E-state index contributed by atoms with van der Waals surface area (Å²) in [5.74, 6) is 0. The first-order valence-corrected chi connectivity index (χ1v) is 6.65. The third-order valence-electron chi connectivity index (χ3n) is 2.72. The zero-order valence-electron chi connectivity index (χ0n) is 10.4. The molecule has 3 aromatic rings. The van der Waals surface area contributed by atoms with E-state index in [0.717, 1.165) is 26.5 Å². The highest BCUT2D eigenvalue weighted by Crippen LogP contribution is 2.32. The standard InChI is InChI=1S/C14H12N4S/c1-9-7-17-14(18-8-9)19-12-5-6-16-13-10(12)3-2-4-11(13)15/h2-8H,15H2,1H3. The van der Waals surface area contributed by atoms with Gasteiger partial charge in [-0.15, -0.1) is 0 Å². The predicted octanol–water partition coefficient (Wildman–Crippen LogP) is 3.07. The quantitative estimate of drug-likeness (QED) is 0.571. The molecule has 19 heavy (non-hydrogen) atoms. The maximum atomic E-state index is 5.94. The SMILES string of the molecule is Cc1cnc(Sc2ccnc3c(N)cccc23)nc1. The Morgan fingerprint density at radius 3 is 2.63 bits per heavy atom. The van der Waals surface area contributed by atoms with E-state index < -0.39 is 0 Å². The number of rotatable bonds is 2. The predicted molar refractivity (Wildman–Crippen MR) is 77.0 cm³/mol. The first-order chi connectivity index (χ1) is 9.24. The first-order valence-electron chi connectivity index (χ1n) is 5.84. The van der Waals surface area contributed by atoms with Crippen molar-refractivity contribution in [2.75, 3.05) is 5.73 Å². The summed E-state index contributed by atoms with van der Waals surface area (Å²) in [6.45, 7) is 1.97. The van der Waals surface area contributed by atoms with E-state index in [-0.39, 0.29) is 0 Å². The van der Waals surface area contributed by atoms with Crippen LogP contribution >= 0.6 is 11.8 Å². The zero-order chi connectivity index (χ0) is 13.2. The van der Waals surface area contributed by atoms with Crippen molar-refractivity contribution in [1.29, 1.82) is 0 Å². The van der Waals surface area contributed by atoms with Gasteiger partial charge in [0.25, 0.3) is 0 Å². The summed E-state index contributed by atoms with van der Waals surface area (Å²) >= 11 is 1.52. The topological polar surface area (TPSA) is 64.7 Å². The second-order valence-corrected chi connectivity index (χ2v) is 5.21. The average Bonchev–Trinajstić information content (AvgIpc) is 2.43. The number of hydrogen-bond donors (Lipinski definition) is 1.